The number of hydrogen-bond donors (Lipinski definition) is 2. The van der Waals surface area contributed by atoms with E-state index in [0.29, 0.717) is 17.8 Å². The molecular formula is C19H22N2O3. The number of benzene rings is 1. The lowest BCUT2D eigenvalue weighted by Crippen LogP contribution is -2.47. The van der Waals surface area contributed by atoms with Crippen LogP contribution in [0.2, 0.25) is 0 Å². The Labute approximate surface area is 140 Å². The van der Waals surface area contributed by atoms with Gasteiger partial charge in [0.15, 0.2) is 0 Å². The number of aromatic amines is 1. The number of nitrogens with zero attached hydrogens (tertiary/aromatic N) is 1. The highest BCUT2D eigenvalue weighted by Gasteiger charge is 2.33. The minimum atomic E-state index is -0.724. The van der Waals surface area contributed by atoms with E-state index in [2.05, 4.69) is 4.98 Å². The lowest BCUT2D eigenvalue weighted by molar-refractivity contribution is 0.0211. The zero-order chi connectivity index (χ0) is 17.1. The number of rotatable bonds is 3. The molecular weight excluding hydrogens is 304 g/mol. The van der Waals surface area contributed by atoms with Crippen molar-refractivity contribution in [3.05, 3.63) is 69.6 Å². The predicted molar refractivity (Wildman–Crippen MR) is 91.9 cm³/mol. The van der Waals surface area contributed by atoms with Crippen LogP contribution in [-0.2, 0) is 0 Å². The molecule has 0 bridgehead atoms. The molecule has 5 nitrogen and oxygen atoms in total. The second-order valence-corrected chi connectivity index (χ2v) is 6.33. The zero-order valence-electron chi connectivity index (χ0n) is 13.7. The Morgan fingerprint density at radius 1 is 1.25 bits per heavy atom. The Kier molecular flexibility index (Phi) is 4.81. The van der Waals surface area contributed by atoms with Crippen molar-refractivity contribution in [3.8, 4) is 0 Å². The maximum Gasteiger partial charge on any atom is 0.254 e. The molecule has 1 amide bonds. The molecule has 1 aromatic carbocycles. The molecule has 1 aliphatic heterocycles. The highest BCUT2D eigenvalue weighted by molar-refractivity contribution is 5.94. The molecule has 2 heterocycles. The predicted octanol–water partition coefficient (Wildman–Crippen LogP) is 2.41. The van der Waals surface area contributed by atoms with Crippen LogP contribution in [0, 0.1) is 6.92 Å². The summed E-state index contributed by atoms with van der Waals surface area (Å²) in [4.78, 5) is 28.9. The van der Waals surface area contributed by atoms with Crippen LogP contribution in [-0.4, -0.2) is 33.5 Å². The van der Waals surface area contributed by atoms with Crippen LogP contribution in [0.25, 0.3) is 0 Å². The zero-order valence-corrected chi connectivity index (χ0v) is 13.7. The van der Waals surface area contributed by atoms with E-state index >= 15 is 0 Å². The maximum atomic E-state index is 12.9. The summed E-state index contributed by atoms with van der Waals surface area (Å²) in [6.45, 7) is 2.35. The molecule has 126 valence electrons. The van der Waals surface area contributed by atoms with Gasteiger partial charge in [-0.15, -0.1) is 0 Å². The van der Waals surface area contributed by atoms with E-state index in [1.165, 1.54) is 6.07 Å². The van der Waals surface area contributed by atoms with Crippen molar-refractivity contribution in [2.24, 2.45) is 0 Å². The molecule has 1 saturated heterocycles. The maximum absolute atomic E-state index is 12.9. The summed E-state index contributed by atoms with van der Waals surface area (Å²) < 4.78 is 0. The summed E-state index contributed by atoms with van der Waals surface area (Å²) in [5.74, 6) is -0.191. The van der Waals surface area contributed by atoms with Gasteiger partial charge in [0.1, 0.15) is 0 Å². The molecule has 0 spiro atoms. The molecule has 5 heteroatoms. The van der Waals surface area contributed by atoms with Crippen molar-refractivity contribution in [1.82, 2.24) is 9.88 Å². The van der Waals surface area contributed by atoms with E-state index in [9.17, 15) is 14.7 Å². The van der Waals surface area contributed by atoms with Crippen LogP contribution in [0.15, 0.2) is 47.3 Å². The van der Waals surface area contributed by atoms with Crippen LogP contribution in [0.5, 0.6) is 0 Å². The van der Waals surface area contributed by atoms with Crippen molar-refractivity contribution in [2.75, 3.05) is 6.54 Å². The summed E-state index contributed by atoms with van der Waals surface area (Å²) in [5, 5.41) is 10.8. The van der Waals surface area contributed by atoms with Crippen LogP contribution in [0.4, 0.5) is 0 Å². The molecule has 2 unspecified atom stereocenters. The lowest BCUT2D eigenvalue weighted by atomic mass is 9.92. The van der Waals surface area contributed by atoms with Gasteiger partial charge in [0, 0.05) is 23.9 Å². The number of carbonyl (C=O) groups excluding carboxylic acids is 1. The number of aromatic nitrogens is 1. The van der Waals surface area contributed by atoms with Gasteiger partial charge in [-0.25, -0.2) is 0 Å². The second-order valence-electron chi connectivity index (χ2n) is 6.33. The monoisotopic (exact) mass is 326 g/mol. The molecule has 2 atom stereocenters. The Bertz CT molecular complexity index is 770. The minimum absolute atomic E-state index is 0.191. The largest absolute Gasteiger partial charge is 0.386 e. The summed E-state index contributed by atoms with van der Waals surface area (Å²) in [5.41, 5.74) is 1.56. The fourth-order valence-corrected chi connectivity index (χ4v) is 3.38. The highest BCUT2D eigenvalue weighted by Crippen LogP contribution is 2.29. The Morgan fingerprint density at radius 2 is 2.00 bits per heavy atom. The summed E-state index contributed by atoms with van der Waals surface area (Å²) in [6.07, 6.45) is 1.92. The smallest absolute Gasteiger partial charge is 0.254 e. The SMILES string of the molecule is Cc1cc(C(=O)N2CCCCC2C(O)c2ccccc2)cc(=O)[nH]1. The van der Waals surface area contributed by atoms with Crippen molar-refractivity contribution in [2.45, 2.75) is 38.3 Å². The number of amides is 1. The highest BCUT2D eigenvalue weighted by atomic mass is 16.3. The van der Waals surface area contributed by atoms with E-state index in [-0.39, 0.29) is 17.5 Å². The molecule has 24 heavy (non-hydrogen) atoms. The molecule has 1 aliphatic rings. The average molecular weight is 326 g/mol. The fraction of sp³-hybridized carbons (Fsp3) is 0.368. The minimum Gasteiger partial charge on any atom is -0.386 e. The number of hydrogen-bond acceptors (Lipinski definition) is 3. The van der Waals surface area contributed by atoms with Crippen molar-refractivity contribution in [1.29, 1.82) is 0 Å². The van der Waals surface area contributed by atoms with Gasteiger partial charge in [-0.1, -0.05) is 30.3 Å². The Balaban J connectivity index is 1.89. The van der Waals surface area contributed by atoms with Crippen molar-refractivity contribution >= 4 is 5.91 Å². The van der Waals surface area contributed by atoms with Gasteiger partial charge < -0.3 is 15.0 Å². The first-order valence-corrected chi connectivity index (χ1v) is 8.31. The quantitative estimate of drug-likeness (QED) is 0.910. The first-order valence-electron chi connectivity index (χ1n) is 8.31. The topological polar surface area (TPSA) is 73.4 Å². The first-order chi connectivity index (χ1) is 11.6. The van der Waals surface area contributed by atoms with E-state index in [4.69, 9.17) is 0 Å². The van der Waals surface area contributed by atoms with Gasteiger partial charge in [-0.05, 0) is 37.8 Å². The third-order valence-electron chi connectivity index (χ3n) is 4.54. The summed E-state index contributed by atoms with van der Waals surface area (Å²) >= 11 is 0. The van der Waals surface area contributed by atoms with E-state index in [0.717, 1.165) is 24.8 Å². The second kappa shape index (κ2) is 7.01. The average Bonchev–Trinajstić information content (AvgIpc) is 2.60. The van der Waals surface area contributed by atoms with Crippen molar-refractivity contribution in [3.63, 3.8) is 0 Å². The molecule has 1 fully saturated rings. The summed E-state index contributed by atoms with van der Waals surface area (Å²) in [7, 11) is 0. The normalized spacial score (nSPS) is 19.1. The third-order valence-corrected chi connectivity index (χ3v) is 4.54. The van der Waals surface area contributed by atoms with Crippen LogP contribution >= 0.6 is 0 Å². The van der Waals surface area contributed by atoms with Crippen molar-refractivity contribution < 1.29 is 9.90 Å². The first kappa shape index (κ1) is 16.5. The number of aliphatic hydroxyl groups is 1. The van der Waals surface area contributed by atoms with Crippen LogP contribution in [0.1, 0.15) is 47.0 Å². The molecule has 2 aromatic rings. The van der Waals surface area contributed by atoms with E-state index in [1.807, 2.05) is 30.3 Å². The number of aliphatic hydroxyl groups excluding tert-OH is 1. The standard InChI is InChI=1S/C19H22N2O3/c1-13-11-15(12-17(22)20-13)19(24)21-10-6-5-9-16(21)18(23)14-7-3-2-4-8-14/h2-4,7-8,11-12,16,18,23H,5-6,9-10H2,1H3,(H,20,22). The number of carbonyl (C=O) groups is 1. The number of aryl methyl sites for hydroxylation is 1. The number of pyridine rings is 1. The molecule has 3 rings (SSSR count). The third kappa shape index (κ3) is 3.41. The van der Waals surface area contributed by atoms with Gasteiger partial charge in [0.25, 0.3) is 5.91 Å². The number of nitrogens with one attached hydrogen (secondary N) is 1. The number of piperidine rings is 1. The van der Waals surface area contributed by atoms with Gasteiger partial charge in [-0.2, -0.15) is 0 Å². The lowest BCUT2D eigenvalue weighted by Gasteiger charge is -2.38. The Morgan fingerprint density at radius 3 is 2.71 bits per heavy atom. The van der Waals surface area contributed by atoms with Gasteiger partial charge in [0.2, 0.25) is 5.56 Å². The molecule has 0 radical (unpaired) electrons. The van der Waals surface area contributed by atoms with Crippen LogP contribution < -0.4 is 5.56 Å². The van der Waals surface area contributed by atoms with Gasteiger partial charge in [0.05, 0.1) is 12.1 Å². The molecule has 0 saturated carbocycles. The van der Waals surface area contributed by atoms with Gasteiger partial charge in [-0.3, -0.25) is 9.59 Å². The Hall–Kier alpha value is -2.40. The molecule has 0 aliphatic carbocycles. The summed E-state index contributed by atoms with van der Waals surface area (Å²) in [6, 6.07) is 12.2. The molecule has 2 N–H and O–H groups in total. The van der Waals surface area contributed by atoms with E-state index < -0.39 is 6.10 Å². The van der Waals surface area contributed by atoms with E-state index in [1.54, 1.807) is 17.9 Å². The number of H-pyrrole nitrogens is 1. The molecule has 1 aromatic heterocycles. The fourth-order valence-electron chi connectivity index (χ4n) is 3.38. The van der Waals surface area contributed by atoms with Gasteiger partial charge >= 0.3 is 0 Å². The number of likely N-dealkylation sites (tertiary alicyclic amines) is 1. The van der Waals surface area contributed by atoms with Crippen LogP contribution in [0.3, 0.4) is 0 Å².